The third kappa shape index (κ3) is 1.16. The van der Waals surface area contributed by atoms with E-state index in [0.717, 1.165) is 13.1 Å². The summed E-state index contributed by atoms with van der Waals surface area (Å²) in [4.78, 5) is 0. The van der Waals surface area contributed by atoms with Gasteiger partial charge in [-0.05, 0) is 6.54 Å². The molecule has 2 N–H and O–H groups in total. The van der Waals surface area contributed by atoms with E-state index in [4.69, 9.17) is 6.42 Å². The Morgan fingerprint density at radius 3 is 2.90 bits per heavy atom. The van der Waals surface area contributed by atoms with Gasteiger partial charge in [0.2, 0.25) is 0 Å². The van der Waals surface area contributed by atoms with Gasteiger partial charge in [0.15, 0.2) is 0 Å². The van der Waals surface area contributed by atoms with Gasteiger partial charge in [-0.2, -0.15) is 0 Å². The van der Waals surface area contributed by atoms with Crippen LogP contribution >= 0.6 is 0 Å². The fourth-order valence-corrected chi connectivity index (χ4v) is 1.23. The molecule has 1 rings (SSSR count). The molecule has 0 aromatic carbocycles. The van der Waals surface area contributed by atoms with Crippen LogP contribution in [0.2, 0.25) is 0 Å². The Hall–Kier alpha value is -0.520. The van der Waals surface area contributed by atoms with Crippen LogP contribution in [0.5, 0.6) is 0 Å². The van der Waals surface area contributed by atoms with Gasteiger partial charge < -0.3 is 10.4 Å². The van der Waals surface area contributed by atoms with Crippen molar-refractivity contribution in [3.8, 4) is 12.3 Å². The highest BCUT2D eigenvalue weighted by Crippen LogP contribution is 2.22. The number of aliphatic hydroxyl groups is 1. The van der Waals surface area contributed by atoms with Crippen LogP contribution in [0, 0.1) is 18.3 Å². The molecule has 2 atom stereocenters. The molecule has 1 fully saturated rings. The second kappa shape index (κ2) is 2.61. The zero-order valence-electron chi connectivity index (χ0n) is 6.22. The molecule has 0 bridgehead atoms. The summed E-state index contributed by atoms with van der Waals surface area (Å²) in [5.74, 6) is 2.62. The lowest BCUT2D eigenvalue weighted by Crippen LogP contribution is -2.47. The maximum Gasteiger partial charge on any atom is 0.130 e. The summed E-state index contributed by atoms with van der Waals surface area (Å²) in [5.41, 5.74) is -0.856. The van der Waals surface area contributed by atoms with E-state index >= 15 is 0 Å². The Morgan fingerprint density at radius 1 is 1.80 bits per heavy atom. The van der Waals surface area contributed by atoms with E-state index in [2.05, 4.69) is 11.2 Å². The van der Waals surface area contributed by atoms with Crippen molar-refractivity contribution in [2.75, 3.05) is 13.1 Å². The van der Waals surface area contributed by atoms with Gasteiger partial charge in [-0.15, -0.1) is 6.42 Å². The van der Waals surface area contributed by atoms with Gasteiger partial charge in [-0.25, -0.2) is 0 Å². The summed E-state index contributed by atoms with van der Waals surface area (Å²) in [7, 11) is 0. The molecule has 0 aromatic rings. The Kier molecular flexibility index (Phi) is 1.98. The van der Waals surface area contributed by atoms with Crippen LogP contribution in [0.4, 0.5) is 0 Å². The first-order valence-electron chi connectivity index (χ1n) is 3.60. The normalized spacial score (nSPS) is 40.7. The van der Waals surface area contributed by atoms with E-state index in [9.17, 15) is 5.11 Å². The lowest BCUT2D eigenvalue weighted by molar-refractivity contribution is 0.0211. The lowest BCUT2D eigenvalue weighted by Gasteiger charge is -2.33. The highest BCUT2D eigenvalue weighted by Gasteiger charge is 2.33. The minimum atomic E-state index is -0.856. The van der Waals surface area contributed by atoms with Crippen LogP contribution in [0.3, 0.4) is 0 Å². The highest BCUT2D eigenvalue weighted by atomic mass is 16.3. The fraction of sp³-hybridized carbons (Fsp3) is 0.750. The highest BCUT2D eigenvalue weighted by molar-refractivity contribution is 5.11. The summed E-state index contributed by atoms with van der Waals surface area (Å²) >= 11 is 0. The van der Waals surface area contributed by atoms with E-state index in [0.29, 0.717) is 6.42 Å². The van der Waals surface area contributed by atoms with Crippen LogP contribution < -0.4 is 5.32 Å². The van der Waals surface area contributed by atoms with Gasteiger partial charge in [0.05, 0.1) is 0 Å². The van der Waals surface area contributed by atoms with Crippen LogP contribution in [0.1, 0.15) is 13.3 Å². The first-order chi connectivity index (χ1) is 4.69. The van der Waals surface area contributed by atoms with Crippen molar-refractivity contribution in [3.05, 3.63) is 0 Å². The smallest absolute Gasteiger partial charge is 0.130 e. The molecule has 1 saturated heterocycles. The molecule has 1 aliphatic heterocycles. The molecule has 1 aliphatic rings. The minimum Gasteiger partial charge on any atom is -0.377 e. The zero-order valence-corrected chi connectivity index (χ0v) is 6.22. The van der Waals surface area contributed by atoms with E-state index in [1.54, 1.807) is 0 Å². The molecular weight excluding hydrogens is 126 g/mol. The Morgan fingerprint density at radius 2 is 2.50 bits per heavy atom. The van der Waals surface area contributed by atoms with E-state index in [-0.39, 0.29) is 5.92 Å². The standard InChI is InChI=1S/C8H13NO/c1-3-8(10)4-5-9-6-7(8)2/h1,7,9-10H,4-6H2,2H3. The summed E-state index contributed by atoms with van der Waals surface area (Å²) in [6.45, 7) is 3.61. The van der Waals surface area contributed by atoms with Gasteiger partial charge in [-0.1, -0.05) is 12.8 Å². The van der Waals surface area contributed by atoms with E-state index in [1.165, 1.54) is 0 Å². The summed E-state index contributed by atoms with van der Waals surface area (Å²) in [5, 5.41) is 12.8. The average molecular weight is 139 g/mol. The number of hydrogen-bond acceptors (Lipinski definition) is 2. The van der Waals surface area contributed by atoms with Crippen LogP contribution in [0.25, 0.3) is 0 Å². The number of terminal acetylenes is 1. The zero-order chi connectivity index (χ0) is 7.61. The van der Waals surface area contributed by atoms with Gasteiger partial charge >= 0.3 is 0 Å². The number of rotatable bonds is 0. The second-order valence-electron chi connectivity index (χ2n) is 2.92. The van der Waals surface area contributed by atoms with Crippen molar-refractivity contribution in [1.29, 1.82) is 0 Å². The Labute approximate surface area is 61.6 Å². The van der Waals surface area contributed by atoms with Gasteiger partial charge in [0.25, 0.3) is 0 Å². The maximum atomic E-state index is 9.67. The van der Waals surface area contributed by atoms with Crippen molar-refractivity contribution in [3.63, 3.8) is 0 Å². The lowest BCUT2D eigenvalue weighted by atomic mass is 9.84. The third-order valence-corrected chi connectivity index (χ3v) is 2.20. The number of nitrogens with one attached hydrogen (secondary N) is 1. The molecule has 2 nitrogen and oxygen atoms in total. The van der Waals surface area contributed by atoms with Crippen molar-refractivity contribution < 1.29 is 5.11 Å². The monoisotopic (exact) mass is 139 g/mol. The van der Waals surface area contributed by atoms with E-state index in [1.807, 2.05) is 6.92 Å². The fourth-order valence-electron chi connectivity index (χ4n) is 1.23. The van der Waals surface area contributed by atoms with Crippen molar-refractivity contribution in [2.24, 2.45) is 5.92 Å². The molecule has 0 radical (unpaired) electrons. The molecular formula is C8H13NO. The molecule has 0 aliphatic carbocycles. The molecule has 0 amide bonds. The average Bonchev–Trinajstić information content (AvgIpc) is 1.96. The Balaban J connectivity index is 2.65. The van der Waals surface area contributed by atoms with Crippen LogP contribution in [0.15, 0.2) is 0 Å². The second-order valence-corrected chi connectivity index (χ2v) is 2.92. The van der Waals surface area contributed by atoms with Crippen molar-refractivity contribution >= 4 is 0 Å². The first-order valence-corrected chi connectivity index (χ1v) is 3.60. The van der Waals surface area contributed by atoms with Crippen LogP contribution in [-0.4, -0.2) is 23.8 Å². The van der Waals surface area contributed by atoms with Gasteiger partial charge in [-0.3, -0.25) is 0 Å². The van der Waals surface area contributed by atoms with E-state index < -0.39 is 5.60 Å². The molecule has 2 heteroatoms. The molecule has 0 saturated carbocycles. The van der Waals surface area contributed by atoms with Gasteiger partial charge in [0, 0.05) is 18.9 Å². The topological polar surface area (TPSA) is 32.3 Å². The Bertz CT molecular complexity index is 161. The largest absolute Gasteiger partial charge is 0.377 e. The SMILES string of the molecule is C#CC1(O)CCNCC1C. The van der Waals surface area contributed by atoms with Gasteiger partial charge in [0.1, 0.15) is 5.60 Å². The molecule has 0 aromatic heterocycles. The summed E-state index contributed by atoms with van der Waals surface area (Å²) in [6.07, 6.45) is 5.87. The molecule has 56 valence electrons. The van der Waals surface area contributed by atoms with Crippen LogP contribution in [-0.2, 0) is 0 Å². The molecule has 2 unspecified atom stereocenters. The third-order valence-electron chi connectivity index (χ3n) is 2.20. The van der Waals surface area contributed by atoms with Crippen molar-refractivity contribution in [2.45, 2.75) is 18.9 Å². The molecule has 1 heterocycles. The quantitative estimate of drug-likeness (QED) is 0.462. The van der Waals surface area contributed by atoms with Crippen molar-refractivity contribution in [1.82, 2.24) is 5.32 Å². The predicted molar refractivity (Wildman–Crippen MR) is 40.4 cm³/mol. The maximum absolute atomic E-state index is 9.67. The predicted octanol–water partition coefficient (Wildman–Crippen LogP) is -0.0199. The summed E-state index contributed by atoms with van der Waals surface area (Å²) < 4.78 is 0. The number of piperidine rings is 1. The molecule has 0 spiro atoms. The first kappa shape index (κ1) is 7.59. The minimum absolute atomic E-state index is 0.172. The molecule has 10 heavy (non-hydrogen) atoms. The number of hydrogen-bond donors (Lipinski definition) is 2. The summed E-state index contributed by atoms with van der Waals surface area (Å²) in [6, 6.07) is 0.